The summed E-state index contributed by atoms with van der Waals surface area (Å²) >= 11 is 0. The summed E-state index contributed by atoms with van der Waals surface area (Å²) in [6, 6.07) is 1.73. The molecular weight excluding hydrogens is 425 g/mol. The topological polar surface area (TPSA) is 78.7 Å². The van der Waals surface area contributed by atoms with E-state index in [2.05, 4.69) is 15.4 Å². The van der Waals surface area contributed by atoms with Crippen molar-refractivity contribution in [1.82, 2.24) is 20.3 Å². The molecule has 2 unspecified atom stereocenters. The standard InChI is InChI=1S/C22H25F3N4O3/c1-28(2)22(31)14-11-29(10-12-3-4-12)6-5-17(14)26-21(30)18-9-19(32-27-18)20-15(24)7-13(23)8-16(20)25/h7-9,12,14,17H,3-6,10-11H2,1-2H3,(H,26,30). The van der Waals surface area contributed by atoms with Crippen molar-refractivity contribution in [3.05, 3.63) is 41.3 Å². The Kier molecular flexibility index (Phi) is 6.23. The van der Waals surface area contributed by atoms with Gasteiger partial charge in [0.25, 0.3) is 5.91 Å². The molecule has 1 N–H and O–H groups in total. The number of aromatic nitrogens is 1. The zero-order valence-electron chi connectivity index (χ0n) is 17.9. The van der Waals surface area contributed by atoms with Gasteiger partial charge in [0.05, 0.1) is 11.5 Å². The minimum absolute atomic E-state index is 0.0768. The largest absolute Gasteiger partial charge is 0.355 e. The molecule has 2 aromatic rings. The van der Waals surface area contributed by atoms with Gasteiger partial charge in [0, 0.05) is 58.0 Å². The molecule has 172 valence electrons. The van der Waals surface area contributed by atoms with Crippen LogP contribution in [0.1, 0.15) is 29.8 Å². The van der Waals surface area contributed by atoms with Crippen LogP contribution in [0.2, 0.25) is 0 Å². The van der Waals surface area contributed by atoms with Crippen LogP contribution in [0.15, 0.2) is 22.7 Å². The van der Waals surface area contributed by atoms with Crippen molar-refractivity contribution in [2.45, 2.75) is 25.3 Å². The van der Waals surface area contributed by atoms with Gasteiger partial charge >= 0.3 is 0 Å². The van der Waals surface area contributed by atoms with Gasteiger partial charge in [0.15, 0.2) is 11.5 Å². The average Bonchev–Trinajstić information content (AvgIpc) is 3.41. The number of benzene rings is 1. The first-order chi connectivity index (χ1) is 15.2. The van der Waals surface area contributed by atoms with Crippen LogP contribution in [0.25, 0.3) is 11.3 Å². The molecule has 2 atom stereocenters. The van der Waals surface area contributed by atoms with Crippen molar-refractivity contribution in [1.29, 1.82) is 0 Å². The van der Waals surface area contributed by atoms with Crippen LogP contribution in [0.5, 0.6) is 0 Å². The molecule has 1 saturated heterocycles. The Morgan fingerprint density at radius 2 is 1.84 bits per heavy atom. The SMILES string of the molecule is CN(C)C(=O)C1CN(CC2CC2)CCC1NC(=O)c1cc(-c2c(F)cc(F)cc2F)on1. The average molecular weight is 450 g/mol. The number of nitrogens with one attached hydrogen (secondary N) is 1. The quantitative estimate of drug-likeness (QED) is 0.732. The second kappa shape index (κ2) is 8.93. The molecule has 1 saturated carbocycles. The summed E-state index contributed by atoms with van der Waals surface area (Å²) in [7, 11) is 3.35. The highest BCUT2D eigenvalue weighted by Crippen LogP contribution is 2.32. The number of amides is 2. The molecule has 1 aromatic carbocycles. The number of carbonyl (C=O) groups excluding carboxylic acids is 2. The second-order valence-corrected chi connectivity index (χ2v) is 8.73. The van der Waals surface area contributed by atoms with E-state index in [1.54, 1.807) is 14.1 Å². The van der Waals surface area contributed by atoms with Gasteiger partial charge in [-0.3, -0.25) is 9.59 Å². The van der Waals surface area contributed by atoms with Gasteiger partial charge in [0.1, 0.15) is 17.5 Å². The van der Waals surface area contributed by atoms with E-state index in [0.717, 1.165) is 19.2 Å². The molecule has 2 amide bonds. The van der Waals surface area contributed by atoms with Gasteiger partial charge in [-0.2, -0.15) is 0 Å². The van der Waals surface area contributed by atoms with Crippen LogP contribution in [0, 0.1) is 29.3 Å². The molecule has 2 aliphatic rings. The van der Waals surface area contributed by atoms with Crippen LogP contribution in [-0.4, -0.2) is 66.5 Å². The third kappa shape index (κ3) is 4.79. The van der Waals surface area contributed by atoms with E-state index in [1.165, 1.54) is 17.7 Å². The van der Waals surface area contributed by atoms with Crippen LogP contribution in [0.4, 0.5) is 13.2 Å². The van der Waals surface area contributed by atoms with Crippen molar-refractivity contribution in [3.8, 4) is 11.3 Å². The van der Waals surface area contributed by atoms with Crippen LogP contribution in [-0.2, 0) is 4.79 Å². The fraction of sp³-hybridized carbons (Fsp3) is 0.500. The molecule has 0 radical (unpaired) electrons. The lowest BCUT2D eigenvalue weighted by Crippen LogP contribution is -2.56. The number of hydrogen-bond donors (Lipinski definition) is 1. The molecule has 10 heteroatoms. The number of likely N-dealkylation sites (tertiary alicyclic amines) is 1. The van der Waals surface area contributed by atoms with Gasteiger partial charge < -0.3 is 19.6 Å². The van der Waals surface area contributed by atoms with E-state index in [1.807, 2.05) is 0 Å². The molecule has 0 spiro atoms. The first kappa shape index (κ1) is 22.3. The van der Waals surface area contributed by atoms with Crippen molar-refractivity contribution < 1.29 is 27.3 Å². The number of nitrogens with zero attached hydrogens (tertiary/aromatic N) is 3. The van der Waals surface area contributed by atoms with Crippen molar-refractivity contribution >= 4 is 11.8 Å². The van der Waals surface area contributed by atoms with Crippen molar-refractivity contribution in [2.75, 3.05) is 33.7 Å². The highest BCUT2D eigenvalue weighted by molar-refractivity contribution is 5.94. The first-order valence-corrected chi connectivity index (χ1v) is 10.6. The van der Waals surface area contributed by atoms with E-state index in [0.29, 0.717) is 31.0 Å². The lowest BCUT2D eigenvalue weighted by Gasteiger charge is -2.39. The number of carbonyl (C=O) groups is 2. The molecule has 1 aliphatic heterocycles. The lowest BCUT2D eigenvalue weighted by atomic mass is 9.90. The number of rotatable bonds is 6. The Hall–Kier alpha value is -2.88. The van der Waals surface area contributed by atoms with Crippen LogP contribution < -0.4 is 5.32 Å². The lowest BCUT2D eigenvalue weighted by molar-refractivity contribution is -0.135. The molecule has 1 aliphatic carbocycles. The molecule has 4 rings (SSSR count). The molecule has 0 bridgehead atoms. The Morgan fingerprint density at radius 3 is 2.47 bits per heavy atom. The third-order valence-corrected chi connectivity index (χ3v) is 5.98. The fourth-order valence-corrected chi connectivity index (χ4v) is 4.13. The zero-order valence-corrected chi connectivity index (χ0v) is 17.9. The van der Waals surface area contributed by atoms with Crippen LogP contribution in [0.3, 0.4) is 0 Å². The third-order valence-electron chi connectivity index (χ3n) is 5.98. The molecule has 32 heavy (non-hydrogen) atoms. The highest BCUT2D eigenvalue weighted by atomic mass is 19.1. The van der Waals surface area contributed by atoms with Gasteiger partial charge in [0.2, 0.25) is 5.91 Å². The Labute approximate surface area is 183 Å². The minimum atomic E-state index is -1.16. The zero-order chi connectivity index (χ0) is 23.0. The Balaban J connectivity index is 1.48. The summed E-state index contributed by atoms with van der Waals surface area (Å²) < 4.78 is 46.1. The summed E-state index contributed by atoms with van der Waals surface area (Å²) in [5.41, 5.74) is -0.786. The monoisotopic (exact) mass is 450 g/mol. The first-order valence-electron chi connectivity index (χ1n) is 10.6. The van der Waals surface area contributed by atoms with Crippen LogP contribution >= 0.6 is 0 Å². The highest BCUT2D eigenvalue weighted by Gasteiger charge is 2.38. The maximum Gasteiger partial charge on any atom is 0.273 e. The summed E-state index contributed by atoms with van der Waals surface area (Å²) in [6.07, 6.45) is 3.02. The summed E-state index contributed by atoms with van der Waals surface area (Å²) in [6.45, 7) is 2.27. The number of piperidine rings is 1. The fourth-order valence-electron chi connectivity index (χ4n) is 4.13. The Morgan fingerprint density at radius 1 is 1.16 bits per heavy atom. The smallest absolute Gasteiger partial charge is 0.273 e. The van der Waals surface area contributed by atoms with E-state index in [-0.39, 0.29) is 17.4 Å². The Bertz CT molecular complexity index is 999. The summed E-state index contributed by atoms with van der Waals surface area (Å²) in [4.78, 5) is 29.3. The molecule has 2 fully saturated rings. The van der Waals surface area contributed by atoms with E-state index in [4.69, 9.17) is 4.52 Å². The maximum atomic E-state index is 14.0. The molecule has 2 heterocycles. The maximum absolute atomic E-state index is 14.0. The normalized spacial score (nSPS) is 21.4. The van der Waals surface area contributed by atoms with Crippen molar-refractivity contribution in [2.24, 2.45) is 11.8 Å². The van der Waals surface area contributed by atoms with Gasteiger partial charge in [-0.1, -0.05) is 5.16 Å². The predicted molar refractivity (Wildman–Crippen MR) is 109 cm³/mol. The van der Waals surface area contributed by atoms with Gasteiger partial charge in [-0.25, -0.2) is 13.2 Å². The van der Waals surface area contributed by atoms with E-state index in [9.17, 15) is 22.8 Å². The van der Waals surface area contributed by atoms with Crippen molar-refractivity contribution in [3.63, 3.8) is 0 Å². The number of hydrogen-bond acceptors (Lipinski definition) is 5. The predicted octanol–water partition coefficient (Wildman–Crippen LogP) is 2.68. The minimum Gasteiger partial charge on any atom is -0.355 e. The summed E-state index contributed by atoms with van der Waals surface area (Å²) in [5, 5.41) is 6.44. The van der Waals surface area contributed by atoms with Gasteiger partial charge in [-0.15, -0.1) is 0 Å². The molecule has 7 nitrogen and oxygen atoms in total. The number of halogens is 3. The molecule has 1 aromatic heterocycles. The molecular formula is C22H25F3N4O3. The van der Waals surface area contributed by atoms with E-state index >= 15 is 0 Å². The summed E-state index contributed by atoms with van der Waals surface area (Å²) in [5.74, 6) is -4.13. The second-order valence-electron chi connectivity index (χ2n) is 8.73. The van der Waals surface area contributed by atoms with Gasteiger partial charge in [-0.05, 0) is 25.2 Å². The van der Waals surface area contributed by atoms with E-state index < -0.39 is 40.9 Å².